The maximum Gasteiger partial charge on any atom is 0.123 e. The maximum absolute atomic E-state index is 9.46. The first-order chi connectivity index (χ1) is 7.74. The van der Waals surface area contributed by atoms with E-state index in [1.807, 2.05) is 6.07 Å². The van der Waals surface area contributed by atoms with Crippen LogP contribution in [0.3, 0.4) is 0 Å². The van der Waals surface area contributed by atoms with Crippen molar-refractivity contribution in [2.24, 2.45) is 5.41 Å². The largest absolute Gasteiger partial charge is 0.396 e. The van der Waals surface area contributed by atoms with Gasteiger partial charge in [0, 0.05) is 12.0 Å². The molecule has 88 valence electrons. The van der Waals surface area contributed by atoms with E-state index in [2.05, 4.69) is 10.3 Å². The quantitative estimate of drug-likeness (QED) is 0.722. The summed E-state index contributed by atoms with van der Waals surface area (Å²) < 4.78 is 0. The monoisotopic (exact) mass is 221 g/mol. The lowest BCUT2D eigenvalue weighted by Gasteiger charge is -2.27. The van der Waals surface area contributed by atoms with E-state index in [9.17, 15) is 5.11 Å². The first-order valence-corrected chi connectivity index (χ1v) is 5.80. The molecule has 0 bridgehead atoms. The Labute approximate surface area is 95.9 Å². The number of nitrogens with two attached hydrogens (primary N) is 1. The second-order valence-corrected chi connectivity index (χ2v) is 4.69. The number of rotatable bonds is 4. The normalized spacial score (nSPS) is 18.6. The number of nitrogens with zero attached hydrogens (tertiary/aromatic N) is 1. The van der Waals surface area contributed by atoms with E-state index in [0.29, 0.717) is 5.82 Å². The van der Waals surface area contributed by atoms with Crippen LogP contribution in [0.5, 0.6) is 0 Å². The van der Waals surface area contributed by atoms with Gasteiger partial charge < -0.3 is 16.2 Å². The summed E-state index contributed by atoms with van der Waals surface area (Å²) in [6.07, 6.45) is 6.40. The van der Waals surface area contributed by atoms with Crippen molar-refractivity contribution >= 4 is 11.5 Å². The zero-order chi connectivity index (χ0) is 11.4. The van der Waals surface area contributed by atoms with Gasteiger partial charge in [0.2, 0.25) is 0 Å². The van der Waals surface area contributed by atoms with Crippen molar-refractivity contribution in [1.29, 1.82) is 0 Å². The Morgan fingerprint density at radius 1 is 1.38 bits per heavy atom. The molecule has 1 aromatic rings. The average Bonchev–Trinajstić information content (AvgIpc) is 2.78. The third-order valence-corrected chi connectivity index (χ3v) is 3.45. The molecule has 4 nitrogen and oxygen atoms in total. The van der Waals surface area contributed by atoms with Crippen molar-refractivity contribution < 1.29 is 5.11 Å². The number of nitrogens with one attached hydrogen (secondary N) is 1. The van der Waals surface area contributed by atoms with Crippen LogP contribution < -0.4 is 11.1 Å². The topological polar surface area (TPSA) is 71.2 Å². The highest BCUT2D eigenvalue weighted by molar-refractivity contribution is 5.45. The van der Waals surface area contributed by atoms with Gasteiger partial charge >= 0.3 is 0 Å². The van der Waals surface area contributed by atoms with Crippen molar-refractivity contribution in [1.82, 2.24) is 4.98 Å². The van der Waals surface area contributed by atoms with Crippen LogP contribution in [0.25, 0.3) is 0 Å². The number of pyridine rings is 1. The van der Waals surface area contributed by atoms with Gasteiger partial charge in [0.25, 0.3) is 0 Å². The molecule has 4 heteroatoms. The Hall–Kier alpha value is -1.29. The van der Waals surface area contributed by atoms with E-state index >= 15 is 0 Å². The predicted octanol–water partition coefficient (Wildman–Crippen LogP) is 1.63. The lowest BCUT2D eigenvalue weighted by atomic mass is 9.87. The lowest BCUT2D eigenvalue weighted by Crippen LogP contribution is -2.30. The molecule has 0 radical (unpaired) electrons. The number of hydrogen-bond donors (Lipinski definition) is 3. The van der Waals surface area contributed by atoms with Gasteiger partial charge in [-0.25, -0.2) is 4.98 Å². The minimum Gasteiger partial charge on any atom is -0.396 e. The fourth-order valence-corrected chi connectivity index (χ4v) is 2.32. The number of nitrogen functional groups attached to an aromatic ring is 1. The molecule has 16 heavy (non-hydrogen) atoms. The van der Waals surface area contributed by atoms with Crippen LogP contribution in [-0.4, -0.2) is 23.2 Å². The van der Waals surface area contributed by atoms with Gasteiger partial charge in [0.05, 0.1) is 18.5 Å². The molecule has 4 N–H and O–H groups in total. The van der Waals surface area contributed by atoms with E-state index in [-0.39, 0.29) is 12.0 Å². The summed E-state index contributed by atoms with van der Waals surface area (Å²) in [4.78, 5) is 4.03. The average molecular weight is 221 g/mol. The van der Waals surface area contributed by atoms with Crippen LogP contribution in [-0.2, 0) is 0 Å². The number of aliphatic hydroxyl groups excluding tert-OH is 1. The minimum atomic E-state index is 0.0708. The number of anilines is 2. The summed E-state index contributed by atoms with van der Waals surface area (Å²) in [5.41, 5.74) is 6.56. The van der Waals surface area contributed by atoms with Gasteiger partial charge in [-0.05, 0) is 25.0 Å². The third kappa shape index (κ3) is 2.44. The maximum atomic E-state index is 9.46. The highest BCUT2D eigenvalue weighted by atomic mass is 16.3. The van der Waals surface area contributed by atoms with E-state index in [4.69, 9.17) is 5.73 Å². The lowest BCUT2D eigenvalue weighted by molar-refractivity contribution is 0.142. The molecule has 0 amide bonds. The Morgan fingerprint density at radius 3 is 2.69 bits per heavy atom. The van der Waals surface area contributed by atoms with Crippen LogP contribution in [0.15, 0.2) is 18.3 Å². The van der Waals surface area contributed by atoms with Gasteiger partial charge in [-0.1, -0.05) is 12.8 Å². The SMILES string of the molecule is Nc1ccc(NCC2(CO)CCCC2)cn1. The molecule has 1 aliphatic rings. The van der Waals surface area contributed by atoms with Crippen LogP contribution >= 0.6 is 0 Å². The van der Waals surface area contributed by atoms with Crippen molar-refractivity contribution in [3.05, 3.63) is 18.3 Å². The van der Waals surface area contributed by atoms with Crippen LogP contribution in [0.4, 0.5) is 11.5 Å². The first-order valence-electron chi connectivity index (χ1n) is 5.80. The van der Waals surface area contributed by atoms with Gasteiger partial charge in [0.15, 0.2) is 0 Å². The molecule has 2 rings (SSSR count). The molecular formula is C12H19N3O. The molecule has 1 saturated carbocycles. The Balaban J connectivity index is 1.93. The summed E-state index contributed by atoms with van der Waals surface area (Å²) in [6, 6.07) is 3.70. The molecule has 0 atom stereocenters. The molecule has 1 aromatic heterocycles. The molecule has 1 fully saturated rings. The Bertz CT molecular complexity index is 331. The number of aliphatic hydroxyl groups is 1. The van der Waals surface area contributed by atoms with Gasteiger partial charge in [-0.3, -0.25) is 0 Å². The van der Waals surface area contributed by atoms with Crippen molar-refractivity contribution in [2.75, 3.05) is 24.2 Å². The summed E-state index contributed by atoms with van der Waals surface area (Å²) >= 11 is 0. The minimum absolute atomic E-state index is 0.0708. The van der Waals surface area contributed by atoms with Crippen LogP contribution in [0.2, 0.25) is 0 Å². The molecule has 0 spiro atoms. The van der Waals surface area contributed by atoms with Crippen molar-refractivity contribution in [2.45, 2.75) is 25.7 Å². The highest BCUT2D eigenvalue weighted by Gasteiger charge is 2.32. The van der Waals surface area contributed by atoms with Gasteiger partial charge in [0.1, 0.15) is 5.82 Å². The Kier molecular flexibility index (Phi) is 3.29. The molecule has 1 aliphatic carbocycles. The smallest absolute Gasteiger partial charge is 0.123 e. The highest BCUT2D eigenvalue weighted by Crippen LogP contribution is 2.37. The van der Waals surface area contributed by atoms with Crippen LogP contribution in [0.1, 0.15) is 25.7 Å². The van der Waals surface area contributed by atoms with E-state index < -0.39 is 0 Å². The van der Waals surface area contributed by atoms with Gasteiger partial charge in [-0.2, -0.15) is 0 Å². The summed E-state index contributed by atoms with van der Waals surface area (Å²) in [5.74, 6) is 0.531. The first kappa shape index (κ1) is 11.2. The summed E-state index contributed by atoms with van der Waals surface area (Å²) in [7, 11) is 0. The number of hydrogen-bond acceptors (Lipinski definition) is 4. The standard InChI is InChI=1S/C12H19N3O/c13-11-4-3-10(7-14-11)15-8-12(9-16)5-1-2-6-12/h3-4,7,15-16H,1-2,5-6,8-9H2,(H2,13,14). The Morgan fingerprint density at radius 2 is 2.12 bits per heavy atom. The predicted molar refractivity (Wildman–Crippen MR) is 65.1 cm³/mol. The van der Waals surface area contributed by atoms with E-state index in [1.165, 1.54) is 12.8 Å². The molecule has 0 saturated heterocycles. The fourth-order valence-electron chi connectivity index (χ4n) is 2.32. The van der Waals surface area contributed by atoms with Crippen LogP contribution in [0, 0.1) is 5.41 Å². The molecular weight excluding hydrogens is 202 g/mol. The molecule has 0 aromatic carbocycles. The second-order valence-electron chi connectivity index (χ2n) is 4.69. The molecule has 1 heterocycles. The van der Waals surface area contributed by atoms with Gasteiger partial charge in [-0.15, -0.1) is 0 Å². The van der Waals surface area contributed by atoms with Crippen molar-refractivity contribution in [3.8, 4) is 0 Å². The van der Waals surface area contributed by atoms with Crippen molar-refractivity contribution in [3.63, 3.8) is 0 Å². The summed E-state index contributed by atoms with van der Waals surface area (Å²) in [5, 5.41) is 12.8. The van der Waals surface area contributed by atoms with E-state index in [0.717, 1.165) is 25.1 Å². The zero-order valence-corrected chi connectivity index (χ0v) is 9.45. The second kappa shape index (κ2) is 4.70. The fraction of sp³-hybridized carbons (Fsp3) is 0.583. The third-order valence-electron chi connectivity index (χ3n) is 3.45. The summed E-state index contributed by atoms with van der Waals surface area (Å²) in [6.45, 7) is 1.08. The van der Waals surface area contributed by atoms with E-state index in [1.54, 1.807) is 12.3 Å². The number of aromatic nitrogens is 1. The molecule has 0 unspecified atom stereocenters. The molecule has 0 aliphatic heterocycles. The zero-order valence-electron chi connectivity index (χ0n) is 9.45.